The minimum atomic E-state index is 0.679. The molecule has 1 aromatic rings. The Labute approximate surface area is 89.3 Å². The van der Waals surface area contributed by atoms with Gasteiger partial charge in [-0.25, -0.2) is 4.98 Å². The maximum atomic E-state index is 5.79. The number of aryl methyl sites for hydroxylation is 2. The molecule has 2 nitrogen and oxygen atoms in total. The summed E-state index contributed by atoms with van der Waals surface area (Å²) in [5, 5.41) is 0.727. The number of allylic oxidation sites excluding steroid dienone is 4. The lowest BCUT2D eigenvalue weighted by Crippen LogP contribution is -1.80. The zero-order valence-corrected chi connectivity index (χ0v) is 9.43. The molecule has 0 fully saturated rings. The van der Waals surface area contributed by atoms with Gasteiger partial charge in [-0.3, -0.25) is 0 Å². The monoisotopic (exact) mass is 211 g/mol. The van der Waals surface area contributed by atoms with Crippen LogP contribution < -0.4 is 0 Å². The van der Waals surface area contributed by atoms with Crippen molar-refractivity contribution in [1.82, 2.24) is 4.98 Å². The molecule has 14 heavy (non-hydrogen) atoms. The summed E-state index contributed by atoms with van der Waals surface area (Å²) in [6, 6.07) is 0. The van der Waals surface area contributed by atoms with Crippen LogP contribution in [0.1, 0.15) is 24.3 Å². The van der Waals surface area contributed by atoms with E-state index in [0.717, 1.165) is 22.4 Å². The number of hydrogen-bond acceptors (Lipinski definition) is 2. The quantitative estimate of drug-likeness (QED) is 0.715. The van der Waals surface area contributed by atoms with Gasteiger partial charge in [-0.2, -0.15) is 0 Å². The van der Waals surface area contributed by atoms with Gasteiger partial charge in [-0.1, -0.05) is 23.8 Å². The molecule has 0 aliphatic carbocycles. The Morgan fingerprint density at radius 2 is 2.21 bits per heavy atom. The van der Waals surface area contributed by atoms with Crippen molar-refractivity contribution in [3.05, 3.63) is 40.6 Å². The molecule has 0 unspecified atom stereocenters. The standard InChI is InChI=1S/C11H14ClNO/c1-4-10(12)6-5-7-11-13-8(2)9(3)14-11/h4-6H,7H2,1-3H3/b6-5-,10-4+. The summed E-state index contributed by atoms with van der Waals surface area (Å²) in [7, 11) is 0. The topological polar surface area (TPSA) is 26.0 Å². The zero-order valence-electron chi connectivity index (χ0n) is 8.67. The number of halogens is 1. The van der Waals surface area contributed by atoms with E-state index in [2.05, 4.69) is 4.98 Å². The van der Waals surface area contributed by atoms with Crippen molar-refractivity contribution in [3.8, 4) is 0 Å². The van der Waals surface area contributed by atoms with E-state index in [1.54, 1.807) is 0 Å². The normalized spacial score (nSPS) is 12.7. The van der Waals surface area contributed by atoms with Crippen LogP contribution >= 0.6 is 11.6 Å². The molecule has 3 heteroatoms. The first kappa shape index (κ1) is 11.1. The van der Waals surface area contributed by atoms with Crippen molar-refractivity contribution in [2.45, 2.75) is 27.2 Å². The average molecular weight is 212 g/mol. The Morgan fingerprint density at radius 1 is 1.50 bits per heavy atom. The van der Waals surface area contributed by atoms with Crippen molar-refractivity contribution in [2.75, 3.05) is 0 Å². The van der Waals surface area contributed by atoms with Crippen LogP contribution in [0, 0.1) is 13.8 Å². The van der Waals surface area contributed by atoms with Crippen molar-refractivity contribution in [2.24, 2.45) is 0 Å². The van der Waals surface area contributed by atoms with Gasteiger partial charge in [0.25, 0.3) is 0 Å². The highest BCUT2D eigenvalue weighted by Crippen LogP contribution is 2.10. The van der Waals surface area contributed by atoms with Crippen LogP contribution in [0.5, 0.6) is 0 Å². The van der Waals surface area contributed by atoms with E-state index in [0.29, 0.717) is 6.42 Å². The van der Waals surface area contributed by atoms with Gasteiger partial charge >= 0.3 is 0 Å². The van der Waals surface area contributed by atoms with Crippen LogP contribution in [-0.2, 0) is 6.42 Å². The first-order valence-corrected chi connectivity index (χ1v) is 4.92. The molecule has 1 rings (SSSR count). The number of aromatic nitrogens is 1. The highest BCUT2D eigenvalue weighted by molar-refractivity contribution is 6.31. The van der Waals surface area contributed by atoms with Gasteiger partial charge in [-0.15, -0.1) is 0 Å². The summed E-state index contributed by atoms with van der Waals surface area (Å²) in [4.78, 5) is 4.25. The van der Waals surface area contributed by atoms with Crippen molar-refractivity contribution in [3.63, 3.8) is 0 Å². The Bertz CT molecular complexity index is 344. The van der Waals surface area contributed by atoms with Crippen molar-refractivity contribution in [1.29, 1.82) is 0 Å². The third-order valence-electron chi connectivity index (χ3n) is 1.92. The fourth-order valence-corrected chi connectivity index (χ4v) is 1.08. The van der Waals surface area contributed by atoms with Gasteiger partial charge in [0.1, 0.15) is 5.76 Å². The SMILES string of the molecule is C/C=C(Cl)\C=C/Cc1nc(C)c(C)o1. The van der Waals surface area contributed by atoms with E-state index in [9.17, 15) is 0 Å². The zero-order chi connectivity index (χ0) is 10.6. The molecule has 0 atom stereocenters. The molecule has 0 saturated carbocycles. The predicted molar refractivity (Wildman–Crippen MR) is 58.4 cm³/mol. The summed E-state index contributed by atoms with van der Waals surface area (Å²) >= 11 is 5.79. The summed E-state index contributed by atoms with van der Waals surface area (Å²) in [5.74, 6) is 1.61. The molecule has 0 amide bonds. The summed E-state index contributed by atoms with van der Waals surface area (Å²) in [6.45, 7) is 5.74. The van der Waals surface area contributed by atoms with E-state index in [1.807, 2.05) is 39.0 Å². The fraction of sp³-hybridized carbons (Fsp3) is 0.364. The molecule has 0 bridgehead atoms. The molecule has 1 aromatic heterocycles. The van der Waals surface area contributed by atoms with E-state index in [-0.39, 0.29) is 0 Å². The number of rotatable bonds is 3. The smallest absolute Gasteiger partial charge is 0.198 e. The van der Waals surface area contributed by atoms with Crippen molar-refractivity contribution >= 4 is 11.6 Å². The highest BCUT2D eigenvalue weighted by Gasteiger charge is 2.02. The van der Waals surface area contributed by atoms with Crippen molar-refractivity contribution < 1.29 is 4.42 Å². The van der Waals surface area contributed by atoms with E-state index < -0.39 is 0 Å². The maximum absolute atomic E-state index is 5.79. The molecule has 1 heterocycles. The Morgan fingerprint density at radius 3 is 2.71 bits per heavy atom. The van der Waals surface area contributed by atoms with Crippen LogP contribution in [-0.4, -0.2) is 4.98 Å². The van der Waals surface area contributed by atoms with Crippen LogP contribution in [0.3, 0.4) is 0 Å². The number of nitrogens with zero attached hydrogens (tertiary/aromatic N) is 1. The molecule has 0 radical (unpaired) electrons. The summed E-state index contributed by atoms with van der Waals surface area (Å²) in [5.41, 5.74) is 0.950. The molecule has 0 N–H and O–H groups in total. The van der Waals surface area contributed by atoms with Gasteiger partial charge in [0.05, 0.1) is 5.69 Å². The van der Waals surface area contributed by atoms with Crippen LogP contribution in [0.15, 0.2) is 27.7 Å². The molecule has 76 valence electrons. The molecule has 0 saturated heterocycles. The molecule has 0 aliphatic heterocycles. The molecule has 0 aliphatic rings. The van der Waals surface area contributed by atoms with Crippen LogP contribution in [0.4, 0.5) is 0 Å². The Hall–Kier alpha value is -1.02. The summed E-state index contributed by atoms with van der Waals surface area (Å²) in [6.07, 6.45) is 6.30. The van der Waals surface area contributed by atoms with Gasteiger partial charge in [-0.05, 0) is 26.8 Å². The van der Waals surface area contributed by atoms with Gasteiger partial charge in [0, 0.05) is 11.5 Å². The second-order valence-electron chi connectivity index (χ2n) is 3.03. The molecule has 0 spiro atoms. The average Bonchev–Trinajstić information content (AvgIpc) is 2.46. The first-order chi connectivity index (χ1) is 6.63. The Kier molecular flexibility index (Phi) is 3.96. The first-order valence-electron chi connectivity index (χ1n) is 4.54. The lowest BCUT2D eigenvalue weighted by Gasteiger charge is -1.87. The van der Waals surface area contributed by atoms with Crippen LogP contribution in [0.25, 0.3) is 0 Å². The van der Waals surface area contributed by atoms with E-state index >= 15 is 0 Å². The third kappa shape index (κ3) is 3.04. The Balaban J connectivity index is 2.58. The predicted octanol–water partition coefficient (Wildman–Crippen LogP) is 3.53. The number of oxazole rings is 1. The minimum absolute atomic E-state index is 0.679. The van der Waals surface area contributed by atoms with Gasteiger partial charge in [0.2, 0.25) is 0 Å². The molecular formula is C11H14ClNO. The lowest BCUT2D eigenvalue weighted by molar-refractivity contribution is 0.483. The maximum Gasteiger partial charge on any atom is 0.198 e. The number of hydrogen-bond donors (Lipinski definition) is 0. The van der Waals surface area contributed by atoms with Gasteiger partial charge in [0.15, 0.2) is 5.89 Å². The molecule has 0 aromatic carbocycles. The molecular weight excluding hydrogens is 198 g/mol. The van der Waals surface area contributed by atoms with Gasteiger partial charge < -0.3 is 4.42 Å². The largest absolute Gasteiger partial charge is 0.445 e. The minimum Gasteiger partial charge on any atom is -0.445 e. The third-order valence-corrected chi connectivity index (χ3v) is 2.26. The lowest BCUT2D eigenvalue weighted by atomic mass is 10.3. The van der Waals surface area contributed by atoms with Crippen LogP contribution in [0.2, 0.25) is 0 Å². The van der Waals surface area contributed by atoms with E-state index in [4.69, 9.17) is 16.0 Å². The van der Waals surface area contributed by atoms with E-state index in [1.165, 1.54) is 0 Å². The second kappa shape index (κ2) is 5.01. The second-order valence-corrected chi connectivity index (χ2v) is 3.47. The summed E-state index contributed by atoms with van der Waals surface area (Å²) < 4.78 is 5.40. The highest BCUT2D eigenvalue weighted by atomic mass is 35.5. The fourth-order valence-electron chi connectivity index (χ4n) is 0.995.